The summed E-state index contributed by atoms with van der Waals surface area (Å²) in [5.41, 5.74) is 0.705. The molecule has 128 valence electrons. The fraction of sp³-hybridized carbons (Fsp3) is 0.294. The second-order valence-electron chi connectivity index (χ2n) is 5.09. The van der Waals surface area contributed by atoms with Crippen LogP contribution in [0.25, 0.3) is 0 Å². The zero-order valence-corrected chi connectivity index (χ0v) is 14.3. The highest BCUT2D eigenvalue weighted by atomic mass is 32.1. The maximum Gasteiger partial charge on any atom is 0.305 e. The number of methoxy groups -OCH3 is 2. The van der Waals surface area contributed by atoms with Crippen LogP contribution in [-0.2, 0) is 16.0 Å². The summed E-state index contributed by atoms with van der Waals surface area (Å²) in [5.74, 6) is -0.0393. The molecule has 0 bridgehead atoms. The number of aliphatic carboxylic acids is 1. The number of carbonyl (C=O) groups is 2. The summed E-state index contributed by atoms with van der Waals surface area (Å²) in [6.07, 6.45) is -0.0688. The molecule has 1 amide bonds. The van der Waals surface area contributed by atoms with Gasteiger partial charge in [0.25, 0.3) is 0 Å². The molecule has 24 heavy (non-hydrogen) atoms. The van der Waals surface area contributed by atoms with Gasteiger partial charge in [0.15, 0.2) is 0 Å². The number of carbonyl (C=O) groups excluding carboxylic acids is 1. The molecule has 1 atom stereocenters. The Morgan fingerprint density at radius 1 is 1.25 bits per heavy atom. The van der Waals surface area contributed by atoms with Gasteiger partial charge in [-0.15, -0.1) is 11.3 Å². The molecule has 2 aromatic rings. The topological polar surface area (TPSA) is 84.9 Å². The highest BCUT2D eigenvalue weighted by Crippen LogP contribution is 2.26. The molecular formula is C17H19NO5S. The third-order valence-electron chi connectivity index (χ3n) is 3.45. The fourth-order valence-corrected chi connectivity index (χ4v) is 3.08. The highest BCUT2D eigenvalue weighted by molar-refractivity contribution is 7.10. The predicted molar refractivity (Wildman–Crippen MR) is 90.7 cm³/mol. The molecular weight excluding hydrogens is 330 g/mol. The van der Waals surface area contributed by atoms with E-state index in [0.29, 0.717) is 17.1 Å². The lowest BCUT2D eigenvalue weighted by molar-refractivity contribution is -0.137. The van der Waals surface area contributed by atoms with Crippen LogP contribution in [0.15, 0.2) is 35.7 Å². The van der Waals surface area contributed by atoms with Gasteiger partial charge in [-0.05, 0) is 17.5 Å². The number of hydrogen-bond acceptors (Lipinski definition) is 5. The van der Waals surface area contributed by atoms with E-state index in [0.717, 1.165) is 4.88 Å². The second-order valence-corrected chi connectivity index (χ2v) is 6.07. The molecule has 1 aromatic carbocycles. The summed E-state index contributed by atoms with van der Waals surface area (Å²) < 4.78 is 10.4. The normalized spacial score (nSPS) is 11.6. The zero-order valence-electron chi connectivity index (χ0n) is 13.4. The lowest BCUT2D eigenvalue weighted by atomic mass is 10.1. The van der Waals surface area contributed by atoms with E-state index in [-0.39, 0.29) is 18.7 Å². The number of thiophene rings is 1. The van der Waals surface area contributed by atoms with E-state index in [2.05, 4.69) is 5.32 Å². The summed E-state index contributed by atoms with van der Waals surface area (Å²) in [5, 5.41) is 13.7. The largest absolute Gasteiger partial charge is 0.497 e. The van der Waals surface area contributed by atoms with Crippen LogP contribution in [0, 0.1) is 0 Å². The Morgan fingerprint density at radius 2 is 2.04 bits per heavy atom. The molecule has 2 rings (SSSR count). The summed E-state index contributed by atoms with van der Waals surface area (Å²) in [4.78, 5) is 24.2. The molecule has 0 aliphatic carbocycles. The standard InChI is InChI=1S/C17H19NO5S/c1-22-12-6-5-11(14(9-12)23-2)8-16(19)18-13(10-17(20)21)15-4-3-7-24-15/h3-7,9,13H,8,10H2,1-2H3,(H,18,19)(H,20,21)/t13-/m1/s1. The number of nitrogens with one attached hydrogen (secondary N) is 1. The van der Waals surface area contributed by atoms with Crippen LogP contribution in [0.5, 0.6) is 11.5 Å². The minimum absolute atomic E-state index is 0.0919. The molecule has 2 N–H and O–H groups in total. The molecule has 7 heteroatoms. The van der Waals surface area contributed by atoms with Crippen molar-refractivity contribution >= 4 is 23.2 Å². The van der Waals surface area contributed by atoms with Gasteiger partial charge in [0, 0.05) is 16.5 Å². The zero-order chi connectivity index (χ0) is 17.5. The number of benzene rings is 1. The molecule has 0 saturated heterocycles. The van der Waals surface area contributed by atoms with E-state index < -0.39 is 12.0 Å². The number of ether oxygens (including phenoxy) is 2. The summed E-state index contributed by atoms with van der Waals surface area (Å²) in [6, 6.07) is 8.31. The first-order chi connectivity index (χ1) is 11.5. The Morgan fingerprint density at radius 3 is 2.62 bits per heavy atom. The molecule has 1 heterocycles. The van der Waals surface area contributed by atoms with Gasteiger partial charge in [0.05, 0.1) is 33.1 Å². The van der Waals surface area contributed by atoms with Crippen LogP contribution in [0.2, 0.25) is 0 Å². The first-order valence-corrected chi connectivity index (χ1v) is 8.17. The van der Waals surface area contributed by atoms with E-state index >= 15 is 0 Å². The molecule has 0 spiro atoms. The van der Waals surface area contributed by atoms with E-state index in [4.69, 9.17) is 14.6 Å². The lowest BCUT2D eigenvalue weighted by Gasteiger charge is -2.16. The number of carboxylic acid groups (broad SMARTS) is 1. The molecule has 0 aliphatic heterocycles. The Labute approximate surface area is 144 Å². The van der Waals surface area contributed by atoms with E-state index in [1.807, 2.05) is 17.5 Å². The Balaban J connectivity index is 2.09. The number of rotatable bonds is 8. The highest BCUT2D eigenvalue weighted by Gasteiger charge is 2.20. The van der Waals surface area contributed by atoms with Crippen molar-refractivity contribution < 1.29 is 24.2 Å². The average Bonchev–Trinajstić information content (AvgIpc) is 3.08. The van der Waals surface area contributed by atoms with Crippen molar-refractivity contribution in [3.8, 4) is 11.5 Å². The Hall–Kier alpha value is -2.54. The van der Waals surface area contributed by atoms with Gasteiger partial charge in [-0.2, -0.15) is 0 Å². The van der Waals surface area contributed by atoms with Crippen LogP contribution in [0.1, 0.15) is 22.9 Å². The van der Waals surface area contributed by atoms with E-state index in [9.17, 15) is 9.59 Å². The summed E-state index contributed by atoms with van der Waals surface area (Å²) in [6.45, 7) is 0. The first-order valence-electron chi connectivity index (χ1n) is 7.29. The minimum atomic E-state index is -0.962. The maximum absolute atomic E-state index is 12.3. The van der Waals surface area contributed by atoms with Crippen molar-refractivity contribution in [2.24, 2.45) is 0 Å². The Kier molecular flexibility index (Phi) is 6.20. The summed E-state index contributed by atoms with van der Waals surface area (Å²) >= 11 is 1.41. The third-order valence-corrected chi connectivity index (χ3v) is 4.43. The molecule has 0 unspecified atom stereocenters. The van der Waals surface area contributed by atoms with Crippen LogP contribution in [-0.4, -0.2) is 31.2 Å². The van der Waals surface area contributed by atoms with E-state index in [1.54, 1.807) is 25.3 Å². The molecule has 1 aromatic heterocycles. The molecule has 6 nitrogen and oxygen atoms in total. The lowest BCUT2D eigenvalue weighted by Crippen LogP contribution is -2.31. The quantitative estimate of drug-likeness (QED) is 0.765. The van der Waals surface area contributed by atoms with Crippen molar-refractivity contribution in [3.63, 3.8) is 0 Å². The SMILES string of the molecule is COc1ccc(CC(=O)N[C@H](CC(=O)O)c2cccs2)c(OC)c1. The van der Waals surface area contributed by atoms with Gasteiger partial charge in [0.1, 0.15) is 11.5 Å². The van der Waals surface area contributed by atoms with Crippen molar-refractivity contribution in [2.75, 3.05) is 14.2 Å². The van der Waals surface area contributed by atoms with Gasteiger partial charge in [-0.3, -0.25) is 9.59 Å². The smallest absolute Gasteiger partial charge is 0.305 e. The first kappa shape index (κ1) is 17.8. The molecule has 0 fully saturated rings. The number of hydrogen-bond donors (Lipinski definition) is 2. The predicted octanol–water partition coefficient (Wildman–Crippen LogP) is 2.64. The average molecular weight is 349 g/mol. The maximum atomic E-state index is 12.3. The number of carboxylic acids is 1. The van der Waals surface area contributed by atoms with Gasteiger partial charge in [-0.1, -0.05) is 12.1 Å². The van der Waals surface area contributed by atoms with Gasteiger partial charge in [-0.25, -0.2) is 0 Å². The monoisotopic (exact) mass is 349 g/mol. The summed E-state index contributed by atoms with van der Waals surface area (Å²) in [7, 11) is 3.08. The van der Waals surface area contributed by atoms with Gasteiger partial charge < -0.3 is 19.9 Å². The third kappa shape index (κ3) is 4.73. The number of amides is 1. The minimum Gasteiger partial charge on any atom is -0.497 e. The van der Waals surface area contributed by atoms with Gasteiger partial charge in [0.2, 0.25) is 5.91 Å². The van der Waals surface area contributed by atoms with Crippen LogP contribution in [0.4, 0.5) is 0 Å². The van der Waals surface area contributed by atoms with Gasteiger partial charge >= 0.3 is 5.97 Å². The molecule has 0 aliphatic rings. The van der Waals surface area contributed by atoms with Crippen LogP contribution < -0.4 is 14.8 Å². The Bertz CT molecular complexity index is 699. The van der Waals surface area contributed by atoms with Crippen molar-refractivity contribution in [2.45, 2.75) is 18.9 Å². The van der Waals surface area contributed by atoms with Crippen molar-refractivity contribution in [1.29, 1.82) is 0 Å². The molecule has 0 saturated carbocycles. The molecule has 0 radical (unpaired) electrons. The second kappa shape index (κ2) is 8.35. The van der Waals surface area contributed by atoms with E-state index in [1.165, 1.54) is 18.4 Å². The van der Waals surface area contributed by atoms with Crippen LogP contribution >= 0.6 is 11.3 Å². The van der Waals surface area contributed by atoms with Crippen LogP contribution in [0.3, 0.4) is 0 Å². The van der Waals surface area contributed by atoms with Crippen molar-refractivity contribution in [1.82, 2.24) is 5.32 Å². The van der Waals surface area contributed by atoms with Crippen molar-refractivity contribution in [3.05, 3.63) is 46.2 Å². The fourth-order valence-electron chi connectivity index (χ4n) is 2.30.